The first-order chi connectivity index (χ1) is 10.8. The molecule has 1 atom stereocenters. The number of thiophene rings is 1. The molecule has 0 bridgehead atoms. The van der Waals surface area contributed by atoms with Gasteiger partial charge in [0.05, 0.1) is 11.1 Å². The smallest absolute Gasteiger partial charge is 0.265 e. The molecule has 22 heavy (non-hydrogen) atoms. The minimum Gasteiger partial charge on any atom is -0.336 e. The summed E-state index contributed by atoms with van der Waals surface area (Å²) < 4.78 is 0. The lowest BCUT2D eigenvalue weighted by molar-refractivity contribution is 0.0748. The summed E-state index contributed by atoms with van der Waals surface area (Å²) in [6, 6.07) is 4.64. The van der Waals surface area contributed by atoms with Crippen molar-refractivity contribution < 1.29 is 4.79 Å². The van der Waals surface area contributed by atoms with Crippen LogP contribution in [-0.2, 0) is 0 Å². The van der Waals surface area contributed by atoms with Crippen LogP contribution in [0, 0.1) is 0 Å². The van der Waals surface area contributed by atoms with Gasteiger partial charge in [-0.2, -0.15) is 0 Å². The average Bonchev–Trinajstić information content (AvgIpc) is 3.25. The number of nitrogens with zero attached hydrogens (tertiary/aromatic N) is 3. The fourth-order valence-corrected chi connectivity index (χ4v) is 5.12. The normalized spacial score (nSPS) is 22.5. The van der Waals surface area contributed by atoms with E-state index in [-0.39, 0.29) is 5.91 Å². The van der Waals surface area contributed by atoms with E-state index in [1.54, 1.807) is 17.5 Å². The molecule has 4 rings (SSSR count). The molecule has 2 fully saturated rings. The highest BCUT2D eigenvalue weighted by atomic mass is 32.1. The van der Waals surface area contributed by atoms with Gasteiger partial charge in [-0.1, -0.05) is 6.07 Å². The Morgan fingerprint density at radius 3 is 3.05 bits per heavy atom. The molecule has 0 aliphatic carbocycles. The van der Waals surface area contributed by atoms with Crippen LogP contribution in [-0.4, -0.2) is 52.9 Å². The topological polar surface area (TPSA) is 36.4 Å². The van der Waals surface area contributed by atoms with E-state index < -0.39 is 0 Å². The Labute approximate surface area is 138 Å². The van der Waals surface area contributed by atoms with Gasteiger partial charge in [0.2, 0.25) is 0 Å². The molecule has 0 spiro atoms. The maximum absolute atomic E-state index is 12.8. The fourth-order valence-electron chi connectivity index (χ4n) is 3.43. The number of hydrogen-bond acceptors (Lipinski definition) is 5. The van der Waals surface area contributed by atoms with Crippen LogP contribution in [0.4, 0.5) is 0 Å². The second-order valence-corrected chi connectivity index (χ2v) is 7.92. The summed E-state index contributed by atoms with van der Waals surface area (Å²) in [6.45, 7) is 4.09. The molecule has 2 aliphatic rings. The van der Waals surface area contributed by atoms with E-state index in [1.807, 2.05) is 16.3 Å². The zero-order valence-corrected chi connectivity index (χ0v) is 14.0. The van der Waals surface area contributed by atoms with Crippen molar-refractivity contribution in [2.45, 2.75) is 25.3 Å². The third kappa shape index (κ3) is 2.71. The third-order valence-electron chi connectivity index (χ3n) is 4.54. The van der Waals surface area contributed by atoms with Gasteiger partial charge in [0, 0.05) is 25.7 Å². The van der Waals surface area contributed by atoms with Crippen LogP contribution in [0.3, 0.4) is 0 Å². The van der Waals surface area contributed by atoms with Crippen molar-refractivity contribution in [1.29, 1.82) is 0 Å². The second kappa shape index (κ2) is 6.10. The van der Waals surface area contributed by atoms with Gasteiger partial charge in [-0.15, -0.1) is 22.7 Å². The Kier molecular flexibility index (Phi) is 3.98. The van der Waals surface area contributed by atoms with E-state index in [4.69, 9.17) is 0 Å². The molecule has 4 heterocycles. The van der Waals surface area contributed by atoms with Crippen molar-refractivity contribution in [3.05, 3.63) is 28.6 Å². The van der Waals surface area contributed by atoms with Crippen LogP contribution < -0.4 is 0 Å². The number of thiazole rings is 1. The SMILES string of the molecule is O=C(c1cnc(-c2cccs2)s1)N1CCCN2CCC[C@@H]2C1. The molecule has 6 heteroatoms. The highest BCUT2D eigenvalue weighted by Gasteiger charge is 2.31. The fraction of sp³-hybridized carbons (Fsp3) is 0.500. The summed E-state index contributed by atoms with van der Waals surface area (Å²) in [6.07, 6.45) is 5.33. The molecule has 0 radical (unpaired) electrons. The molecular formula is C16H19N3OS2. The van der Waals surface area contributed by atoms with Crippen molar-refractivity contribution >= 4 is 28.6 Å². The standard InChI is InChI=1S/C16H19N3OS2/c20-16(14-10-17-15(22-14)13-5-2-9-21-13)19-8-3-7-18-6-1-4-12(18)11-19/h2,5,9-10,12H,1,3-4,6-8,11H2/t12-/m1/s1. The average molecular weight is 333 g/mol. The van der Waals surface area contributed by atoms with Crippen molar-refractivity contribution in [2.75, 3.05) is 26.2 Å². The van der Waals surface area contributed by atoms with E-state index in [0.717, 1.165) is 40.8 Å². The van der Waals surface area contributed by atoms with Gasteiger partial charge in [0.25, 0.3) is 5.91 Å². The van der Waals surface area contributed by atoms with Crippen LogP contribution in [0.5, 0.6) is 0 Å². The summed E-state index contributed by atoms with van der Waals surface area (Å²) in [5.74, 6) is 0.161. The lowest BCUT2D eigenvalue weighted by atomic mass is 10.2. The van der Waals surface area contributed by atoms with Gasteiger partial charge in [-0.25, -0.2) is 4.98 Å². The van der Waals surface area contributed by atoms with Crippen LogP contribution in [0.15, 0.2) is 23.7 Å². The number of amides is 1. The first-order valence-electron chi connectivity index (χ1n) is 7.84. The Morgan fingerprint density at radius 2 is 2.18 bits per heavy atom. The minimum atomic E-state index is 0.161. The predicted octanol–water partition coefficient (Wildman–Crippen LogP) is 3.18. The molecule has 1 amide bonds. The lowest BCUT2D eigenvalue weighted by Crippen LogP contribution is -2.39. The second-order valence-electron chi connectivity index (χ2n) is 5.94. The summed E-state index contributed by atoms with van der Waals surface area (Å²) >= 11 is 3.19. The van der Waals surface area contributed by atoms with Gasteiger partial charge < -0.3 is 4.90 Å². The van der Waals surface area contributed by atoms with Gasteiger partial charge in [0.1, 0.15) is 9.88 Å². The quantitative estimate of drug-likeness (QED) is 0.847. The molecule has 4 nitrogen and oxygen atoms in total. The Hall–Kier alpha value is -1.24. The van der Waals surface area contributed by atoms with E-state index in [0.29, 0.717) is 6.04 Å². The molecule has 0 saturated carbocycles. The van der Waals surface area contributed by atoms with Crippen molar-refractivity contribution in [3.8, 4) is 9.88 Å². The predicted molar refractivity (Wildman–Crippen MR) is 90.5 cm³/mol. The van der Waals surface area contributed by atoms with Gasteiger partial charge in [-0.05, 0) is 37.3 Å². The van der Waals surface area contributed by atoms with Crippen LogP contribution in [0.1, 0.15) is 28.9 Å². The molecule has 116 valence electrons. The maximum Gasteiger partial charge on any atom is 0.265 e. The zero-order valence-electron chi connectivity index (χ0n) is 12.4. The number of carbonyl (C=O) groups excluding carboxylic acids is 1. The third-order valence-corrected chi connectivity index (χ3v) is 6.56. The number of rotatable bonds is 2. The van der Waals surface area contributed by atoms with Crippen LogP contribution in [0.25, 0.3) is 9.88 Å². The van der Waals surface area contributed by atoms with Crippen molar-refractivity contribution in [2.24, 2.45) is 0 Å². The van der Waals surface area contributed by atoms with Gasteiger partial charge in [0.15, 0.2) is 0 Å². The minimum absolute atomic E-state index is 0.161. The largest absolute Gasteiger partial charge is 0.336 e. The Morgan fingerprint density at radius 1 is 1.27 bits per heavy atom. The van der Waals surface area contributed by atoms with E-state index >= 15 is 0 Å². The number of hydrogen-bond donors (Lipinski definition) is 0. The van der Waals surface area contributed by atoms with Crippen LogP contribution in [0.2, 0.25) is 0 Å². The lowest BCUT2D eigenvalue weighted by Gasteiger charge is -2.25. The van der Waals surface area contributed by atoms with Crippen LogP contribution >= 0.6 is 22.7 Å². The number of aromatic nitrogens is 1. The summed E-state index contributed by atoms with van der Waals surface area (Å²) in [7, 11) is 0. The van der Waals surface area contributed by atoms with Crippen molar-refractivity contribution in [1.82, 2.24) is 14.8 Å². The molecule has 0 unspecified atom stereocenters. The number of fused-ring (bicyclic) bond motifs is 1. The molecule has 2 saturated heterocycles. The Balaban J connectivity index is 1.51. The molecule has 0 aromatic carbocycles. The molecule has 0 N–H and O–H groups in total. The van der Waals surface area contributed by atoms with E-state index in [9.17, 15) is 4.79 Å². The van der Waals surface area contributed by atoms with Crippen molar-refractivity contribution in [3.63, 3.8) is 0 Å². The molecule has 2 aromatic rings. The highest BCUT2D eigenvalue weighted by molar-refractivity contribution is 7.21. The van der Waals surface area contributed by atoms with Gasteiger partial charge >= 0.3 is 0 Å². The Bertz CT molecular complexity index is 652. The van der Waals surface area contributed by atoms with E-state index in [1.165, 1.54) is 30.7 Å². The highest BCUT2D eigenvalue weighted by Crippen LogP contribution is 2.30. The first kappa shape index (κ1) is 14.4. The molecule has 2 aliphatic heterocycles. The summed E-state index contributed by atoms with van der Waals surface area (Å²) in [4.78, 5) is 23.8. The molecular weight excluding hydrogens is 314 g/mol. The monoisotopic (exact) mass is 333 g/mol. The summed E-state index contributed by atoms with van der Waals surface area (Å²) in [5, 5.41) is 3.00. The number of carbonyl (C=O) groups is 1. The maximum atomic E-state index is 12.8. The van der Waals surface area contributed by atoms with E-state index in [2.05, 4.69) is 16.0 Å². The van der Waals surface area contributed by atoms with Gasteiger partial charge in [-0.3, -0.25) is 9.69 Å². The molecule has 2 aromatic heterocycles. The zero-order chi connectivity index (χ0) is 14.9. The summed E-state index contributed by atoms with van der Waals surface area (Å²) in [5.41, 5.74) is 0. The first-order valence-corrected chi connectivity index (χ1v) is 9.54.